The minimum atomic E-state index is -0.287. The molecule has 1 aliphatic carbocycles. The fourth-order valence-electron chi connectivity index (χ4n) is 3.33. The topological polar surface area (TPSA) is 96.6 Å². The van der Waals surface area contributed by atoms with Gasteiger partial charge in [-0.1, -0.05) is 12.1 Å². The Morgan fingerprint density at radius 2 is 2.10 bits per heavy atom. The second-order valence-electron chi connectivity index (χ2n) is 6.69. The van der Waals surface area contributed by atoms with Crippen molar-refractivity contribution in [3.8, 4) is 0 Å². The van der Waals surface area contributed by atoms with E-state index in [4.69, 9.17) is 4.42 Å². The Labute approximate surface area is 171 Å². The van der Waals surface area contributed by atoms with Crippen LogP contribution in [0.5, 0.6) is 0 Å². The average molecular weight is 408 g/mol. The molecule has 8 heteroatoms. The molecule has 3 aromatic rings. The second-order valence-corrected chi connectivity index (χ2v) is 7.64. The summed E-state index contributed by atoms with van der Waals surface area (Å²) in [6, 6.07) is 9.12. The van der Waals surface area contributed by atoms with E-state index >= 15 is 0 Å². The number of thiophene rings is 1. The van der Waals surface area contributed by atoms with Crippen molar-refractivity contribution < 1.29 is 14.0 Å². The maximum atomic E-state index is 12.6. The molecular weight excluding hydrogens is 388 g/mol. The molecule has 148 valence electrons. The number of hydrogen-bond donors (Lipinski definition) is 2. The number of carbonyl (C=O) groups excluding carboxylic acids is 2. The van der Waals surface area contributed by atoms with Gasteiger partial charge in [0, 0.05) is 23.7 Å². The third kappa shape index (κ3) is 4.12. The maximum Gasteiger partial charge on any atom is 0.287 e. The zero-order chi connectivity index (χ0) is 20.2. The van der Waals surface area contributed by atoms with Gasteiger partial charge in [0.25, 0.3) is 11.8 Å². The van der Waals surface area contributed by atoms with Crippen LogP contribution in [-0.4, -0.2) is 22.5 Å². The SMILES string of the molecule is Cc1c(C(=O)NCc2ccccn2)oc2c1/C(=N/NC(=O)c1cccs1)CCC2. The number of hydrazone groups is 1. The van der Waals surface area contributed by atoms with Gasteiger partial charge in [-0.05, 0) is 43.3 Å². The van der Waals surface area contributed by atoms with E-state index in [0.717, 1.165) is 41.1 Å². The summed E-state index contributed by atoms with van der Waals surface area (Å²) in [4.78, 5) is 29.6. The molecule has 0 bridgehead atoms. The highest BCUT2D eigenvalue weighted by molar-refractivity contribution is 7.12. The molecule has 0 atom stereocenters. The predicted octanol–water partition coefficient (Wildman–Crippen LogP) is 3.44. The first-order valence-corrected chi connectivity index (χ1v) is 10.2. The van der Waals surface area contributed by atoms with E-state index in [1.54, 1.807) is 12.3 Å². The first-order chi connectivity index (χ1) is 14.1. The second kappa shape index (κ2) is 8.40. The quantitative estimate of drug-likeness (QED) is 0.632. The van der Waals surface area contributed by atoms with E-state index in [1.165, 1.54) is 11.3 Å². The Morgan fingerprint density at radius 1 is 1.21 bits per heavy atom. The van der Waals surface area contributed by atoms with E-state index in [1.807, 2.05) is 36.6 Å². The first kappa shape index (κ1) is 19.1. The molecule has 0 spiro atoms. The molecule has 0 aromatic carbocycles. The maximum absolute atomic E-state index is 12.6. The number of nitrogens with zero attached hydrogens (tertiary/aromatic N) is 2. The van der Waals surface area contributed by atoms with Gasteiger partial charge in [0.2, 0.25) is 0 Å². The van der Waals surface area contributed by atoms with Crippen LogP contribution in [0.2, 0.25) is 0 Å². The molecule has 2 N–H and O–H groups in total. The molecule has 4 rings (SSSR count). The van der Waals surface area contributed by atoms with Crippen molar-refractivity contribution in [1.29, 1.82) is 0 Å². The highest BCUT2D eigenvalue weighted by Crippen LogP contribution is 2.30. The monoisotopic (exact) mass is 408 g/mol. The van der Waals surface area contributed by atoms with Crippen LogP contribution < -0.4 is 10.7 Å². The van der Waals surface area contributed by atoms with Gasteiger partial charge in [-0.15, -0.1) is 11.3 Å². The van der Waals surface area contributed by atoms with Gasteiger partial charge in [0.05, 0.1) is 22.8 Å². The van der Waals surface area contributed by atoms with E-state index < -0.39 is 0 Å². The van der Waals surface area contributed by atoms with Crippen LogP contribution in [0.15, 0.2) is 51.4 Å². The molecule has 0 saturated carbocycles. The van der Waals surface area contributed by atoms with Crippen LogP contribution >= 0.6 is 11.3 Å². The van der Waals surface area contributed by atoms with Crippen molar-refractivity contribution in [3.05, 3.63) is 75.1 Å². The highest BCUT2D eigenvalue weighted by Gasteiger charge is 2.28. The molecule has 1 aliphatic rings. The number of carbonyl (C=O) groups is 2. The molecule has 0 radical (unpaired) electrons. The van der Waals surface area contributed by atoms with Crippen molar-refractivity contribution >= 4 is 28.9 Å². The van der Waals surface area contributed by atoms with E-state index in [0.29, 0.717) is 17.8 Å². The van der Waals surface area contributed by atoms with Crippen molar-refractivity contribution in [3.63, 3.8) is 0 Å². The summed E-state index contributed by atoms with van der Waals surface area (Å²) in [6.45, 7) is 2.17. The van der Waals surface area contributed by atoms with E-state index in [9.17, 15) is 9.59 Å². The molecule has 0 aliphatic heterocycles. The van der Waals surface area contributed by atoms with Gasteiger partial charge in [0.15, 0.2) is 5.76 Å². The molecule has 3 heterocycles. The zero-order valence-electron chi connectivity index (χ0n) is 15.9. The Bertz CT molecular complexity index is 1060. The zero-order valence-corrected chi connectivity index (χ0v) is 16.7. The number of pyridine rings is 1. The Hall–Kier alpha value is -3.26. The van der Waals surface area contributed by atoms with Crippen molar-refractivity contribution in [1.82, 2.24) is 15.7 Å². The summed E-state index contributed by atoms with van der Waals surface area (Å²) in [5, 5.41) is 9.02. The Kier molecular flexibility index (Phi) is 5.53. The average Bonchev–Trinajstić information content (AvgIpc) is 3.40. The van der Waals surface area contributed by atoms with Gasteiger partial charge >= 0.3 is 0 Å². The highest BCUT2D eigenvalue weighted by atomic mass is 32.1. The largest absolute Gasteiger partial charge is 0.455 e. The molecule has 2 amide bonds. The summed E-state index contributed by atoms with van der Waals surface area (Å²) in [5.41, 5.74) is 5.69. The molecular formula is C21H20N4O3S. The fourth-order valence-corrected chi connectivity index (χ4v) is 3.95. The number of amides is 2. The first-order valence-electron chi connectivity index (χ1n) is 9.34. The van der Waals surface area contributed by atoms with E-state index in [-0.39, 0.29) is 17.6 Å². The number of nitrogens with one attached hydrogen (secondary N) is 2. The number of rotatable bonds is 5. The van der Waals surface area contributed by atoms with Crippen molar-refractivity contribution in [2.24, 2.45) is 5.10 Å². The summed E-state index contributed by atoms with van der Waals surface area (Å²) >= 11 is 1.36. The normalized spacial score (nSPS) is 14.4. The summed E-state index contributed by atoms with van der Waals surface area (Å²) < 4.78 is 5.87. The molecule has 0 fully saturated rings. The Balaban J connectivity index is 1.52. The molecule has 0 unspecified atom stereocenters. The number of fused-ring (bicyclic) bond motifs is 1. The minimum absolute atomic E-state index is 0.242. The van der Waals surface area contributed by atoms with Crippen LogP contribution in [0.4, 0.5) is 0 Å². The van der Waals surface area contributed by atoms with Gasteiger partial charge in [0.1, 0.15) is 5.76 Å². The lowest BCUT2D eigenvalue weighted by Gasteiger charge is -2.13. The van der Waals surface area contributed by atoms with Gasteiger partial charge < -0.3 is 9.73 Å². The summed E-state index contributed by atoms with van der Waals surface area (Å²) in [6.07, 6.45) is 3.99. The smallest absolute Gasteiger partial charge is 0.287 e. The predicted molar refractivity (Wildman–Crippen MR) is 110 cm³/mol. The number of aromatic nitrogens is 1. The molecule has 3 aromatic heterocycles. The van der Waals surface area contributed by atoms with Crippen LogP contribution in [0.1, 0.15) is 55.6 Å². The number of hydrogen-bond acceptors (Lipinski definition) is 6. The van der Waals surface area contributed by atoms with Gasteiger partial charge in [-0.25, -0.2) is 5.43 Å². The van der Waals surface area contributed by atoms with Crippen molar-refractivity contribution in [2.45, 2.75) is 32.7 Å². The molecule has 29 heavy (non-hydrogen) atoms. The summed E-state index contributed by atoms with van der Waals surface area (Å²) in [7, 11) is 0. The number of aryl methyl sites for hydroxylation is 1. The van der Waals surface area contributed by atoms with Gasteiger partial charge in [-0.2, -0.15) is 5.10 Å². The van der Waals surface area contributed by atoms with Crippen LogP contribution in [0.25, 0.3) is 0 Å². The number of furan rings is 1. The molecule has 0 saturated heterocycles. The lowest BCUT2D eigenvalue weighted by Crippen LogP contribution is -2.24. The lowest BCUT2D eigenvalue weighted by atomic mass is 9.93. The van der Waals surface area contributed by atoms with Crippen molar-refractivity contribution in [2.75, 3.05) is 0 Å². The van der Waals surface area contributed by atoms with E-state index in [2.05, 4.69) is 20.8 Å². The standard InChI is InChI=1S/C21H20N4O3S/c1-13-18-15(24-25-20(26)17-9-5-11-29-17)7-4-8-16(18)28-19(13)21(27)23-12-14-6-2-3-10-22-14/h2-3,5-6,9-11H,4,7-8,12H2,1H3,(H,23,27)(H,25,26)/b24-15+. The lowest BCUT2D eigenvalue weighted by molar-refractivity contribution is 0.0918. The third-order valence-corrected chi connectivity index (χ3v) is 5.59. The molecule has 7 nitrogen and oxygen atoms in total. The van der Waals surface area contributed by atoms with Crippen LogP contribution in [0, 0.1) is 6.92 Å². The van der Waals surface area contributed by atoms with Crippen LogP contribution in [-0.2, 0) is 13.0 Å². The minimum Gasteiger partial charge on any atom is -0.455 e. The third-order valence-electron chi connectivity index (χ3n) is 4.73. The Morgan fingerprint density at radius 3 is 2.86 bits per heavy atom. The van der Waals surface area contributed by atoms with Gasteiger partial charge in [-0.3, -0.25) is 14.6 Å². The summed E-state index contributed by atoms with van der Waals surface area (Å²) in [5.74, 6) is 0.490. The fraction of sp³-hybridized carbons (Fsp3) is 0.238. The van der Waals surface area contributed by atoms with Crippen LogP contribution in [0.3, 0.4) is 0 Å².